The third-order valence-corrected chi connectivity index (χ3v) is 4.23. The molecule has 0 aliphatic carbocycles. The first-order valence-corrected chi connectivity index (χ1v) is 7.87. The Morgan fingerprint density at radius 3 is 2.38 bits per heavy atom. The number of nitrogen functional groups attached to an aromatic ring is 1. The highest BCUT2D eigenvalue weighted by Gasteiger charge is 2.16. The Hall–Kier alpha value is -1.71. The van der Waals surface area contributed by atoms with Crippen LogP contribution in [0.1, 0.15) is 0 Å². The molecule has 2 aromatic rings. The molecule has 0 saturated carbocycles. The minimum atomic E-state index is -4.01. The van der Waals surface area contributed by atoms with E-state index >= 15 is 0 Å². The highest BCUT2D eigenvalue weighted by atomic mass is 79.9. The molecule has 0 aliphatic rings. The van der Waals surface area contributed by atoms with Gasteiger partial charge in [0.25, 0.3) is 0 Å². The van der Waals surface area contributed by atoms with E-state index in [1.165, 1.54) is 18.2 Å². The first-order valence-electron chi connectivity index (χ1n) is 5.53. The molecule has 0 aliphatic heterocycles. The maximum Gasteiger partial charge on any atom is 0.240 e. The molecule has 0 fully saturated rings. The van der Waals surface area contributed by atoms with Crippen LogP contribution < -0.4 is 16.2 Å². The topological polar surface area (TPSA) is 98.2 Å². The largest absolute Gasteiger partial charge is 0.396 e. The quantitative estimate of drug-likeness (QED) is 0.565. The first-order chi connectivity index (χ1) is 9.70. The van der Waals surface area contributed by atoms with Crippen LogP contribution in [0, 0.1) is 11.6 Å². The molecule has 112 valence electrons. The zero-order valence-electron chi connectivity index (χ0n) is 10.4. The van der Waals surface area contributed by atoms with Gasteiger partial charge >= 0.3 is 0 Å². The first kappa shape index (κ1) is 15.7. The summed E-state index contributed by atoms with van der Waals surface area (Å²) in [5.74, 6) is -1.41. The van der Waals surface area contributed by atoms with Crippen molar-refractivity contribution in [3.63, 3.8) is 0 Å². The van der Waals surface area contributed by atoms with Crippen molar-refractivity contribution in [1.82, 2.24) is 0 Å². The SMILES string of the molecule is Nc1c(Nc2cc(F)c(Br)cc2F)cccc1S(N)(=O)=O. The van der Waals surface area contributed by atoms with Crippen LogP contribution >= 0.6 is 15.9 Å². The minimum absolute atomic E-state index is 0.0307. The maximum absolute atomic E-state index is 13.7. The Bertz CT molecular complexity index is 812. The lowest BCUT2D eigenvalue weighted by Gasteiger charge is -2.13. The number of hydrogen-bond acceptors (Lipinski definition) is 4. The number of para-hydroxylation sites is 1. The van der Waals surface area contributed by atoms with E-state index in [9.17, 15) is 17.2 Å². The Morgan fingerprint density at radius 2 is 1.76 bits per heavy atom. The van der Waals surface area contributed by atoms with Crippen molar-refractivity contribution in [1.29, 1.82) is 0 Å². The Balaban J connectivity index is 2.49. The predicted molar refractivity (Wildman–Crippen MR) is 79.6 cm³/mol. The lowest BCUT2D eigenvalue weighted by atomic mass is 10.2. The molecule has 0 spiro atoms. The smallest absolute Gasteiger partial charge is 0.240 e. The number of rotatable bonds is 3. The highest BCUT2D eigenvalue weighted by molar-refractivity contribution is 9.10. The van der Waals surface area contributed by atoms with Gasteiger partial charge in [0.15, 0.2) is 0 Å². The molecule has 0 saturated heterocycles. The number of nitrogens with two attached hydrogens (primary N) is 2. The van der Waals surface area contributed by atoms with E-state index < -0.39 is 21.7 Å². The third kappa shape index (κ3) is 3.31. The summed E-state index contributed by atoms with van der Waals surface area (Å²) in [6, 6.07) is 5.88. The molecule has 2 aromatic carbocycles. The summed E-state index contributed by atoms with van der Waals surface area (Å²) in [6.07, 6.45) is 0. The van der Waals surface area contributed by atoms with E-state index in [4.69, 9.17) is 10.9 Å². The van der Waals surface area contributed by atoms with Crippen LogP contribution in [0.4, 0.5) is 25.8 Å². The van der Waals surface area contributed by atoms with E-state index in [2.05, 4.69) is 21.2 Å². The highest BCUT2D eigenvalue weighted by Crippen LogP contribution is 2.31. The Kier molecular flexibility index (Phi) is 4.17. The van der Waals surface area contributed by atoms with Crippen molar-refractivity contribution in [2.24, 2.45) is 5.14 Å². The van der Waals surface area contributed by atoms with Crippen LogP contribution in [-0.4, -0.2) is 8.42 Å². The van der Waals surface area contributed by atoms with E-state index in [-0.39, 0.29) is 26.4 Å². The van der Waals surface area contributed by atoms with E-state index in [0.29, 0.717) is 0 Å². The molecule has 0 unspecified atom stereocenters. The molecule has 0 radical (unpaired) electrons. The van der Waals surface area contributed by atoms with Gasteiger partial charge in [0, 0.05) is 6.07 Å². The Labute approximate surface area is 128 Å². The molecule has 0 bridgehead atoms. The predicted octanol–water partition coefficient (Wildman–Crippen LogP) is 2.70. The molecule has 5 N–H and O–H groups in total. The molecule has 9 heteroatoms. The van der Waals surface area contributed by atoms with Crippen molar-refractivity contribution in [3.05, 3.63) is 46.4 Å². The third-order valence-electron chi connectivity index (χ3n) is 2.65. The van der Waals surface area contributed by atoms with Gasteiger partial charge in [-0.2, -0.15) is 0 Å². The molecule has 0 atom stereocenters. The van der Waals surface area contributed by atoms with Gasteiger partial charge in [-0.25, -0.2) is 22.3 Å². The fourth-order valence-electron chi connectivity index (χ4n) is 1.66. The summed E-state index contributed by atoms with van der Waals surface area (Å²) in [5, 5.41) is 7.56. The van der Waals surface area contributed by atoms with Crippen LogP contribution in [0.2, 0.25) is 0 Å². The minimum Gasteiger partial charge on any atom is -0.396 e. The van der Waals surface area contributed by atoms with Gasteiger partial charge < -0.3 is 11.1 Å². The average molecular weight is 378 g/mol. The molecule has 0 heterocycles. The summed E-state index contributed by atoms with van der Waals surface area (Å²) >= 11 is 2.85. The van der Waals surface area contributed by atoms with E-state index in [1.807, 2.05) is 0 Å². The van der Waals surface area contributed by atoms with Gasteiger partial charge in [-0.1, -0.05) is 6.07 Å². The van der Waals surface area contributed by atoms with Gasteiger partial charge in [-0.3, -0.25) is 0 Å². The van der Waals surface area contributed by atoms with Crippen LogP contribution in [0.25, 0.3) is 0 Å². The second kappa shape index (κ2) is 5.58. The lowest BCUT2D eigenvalue weighted by Crippen LogP contribution is -2.15. The van der Waals surface area contributed by atoms with Crippen LogP contribution in [0.3, 0.4) is 0 Å². The van der Waals surface area contributed by atoms with Gasteiger partial charge in [-0.05, 0) is 34.1 Å². The number of benzene rings is 2. The van der Waals surface area contributed by atoms with E-state index in [0.717, 1.165) is 12.1 Å². The number of halogens is 3. The second-order valence-corrected chi connectivity index (χ2v) is 6.52. The fraction of sp³-hybridized carbons (Fsp3) is 0. The molecular formula is C12H10BrF2N3O2S. The normalized spacial score (nSPS) is 11.4. The van der Waals surface area contributed by atoms with Crippen molar-refractivity contribution in [2.45, 2.75) is 4.90 Å². The lowest BCUT2D eigenvalue weighted by molar-refractivity contribution is 0.597. The van der Waals surface area contributed by atoms with Crippen LogP contribution in [-0.2, 0) is 10.0 Å². The van der Waals surface area contributed by atoms with Crippen LogP contribution in [0.15, 0.2) is 39.7 Å². The van der Waals surface area contributed by atoms with Crippen molar-refractivity contribution in [3.8, 4) is 0 Å². The molecular weight excluding hydrogens is 368 g/mol. The summed E-state index contributed by atoms with van der Waals surface area (Å²) in [4.78, 5) is -0.300. The molecule has 21 heavy (non-hydrogen) atoms. The molecule has 2 rings (SSSR count). The standard InChI is InChI=1S/C12H10BrF2N3O2S/c13-6-4-8(15)10(5-7(6)14)18-9-2-1-3-11(12(9)16)21(17,19)20/h1-5,18H,16H2,(H2,17,19,20). The van der Waals surface area contributed by atoms with Crippen molar-refractivity contribution in [2.75, 3.05) is 11.1 Å². The number of anilines is 3. The summed E-state index contributed by atoms with van der Waals surface area (Å²) < 4.78 is 49.8. The average Bonchev–Trinajstić information content (AvgIpc) is 2.36. The van der Waals surface area contributed by atoms with Gasteiger partial charge in [-0.15, -0.1) is 0 Å². The zero-order valence-corrected chi connectivity index (χ0v) is 12.8. The van der Waals surface area contributed by atoms with Gasteiger partial charge in [0.1, 0.15) is 16.5 Å². The summed E-state index contributed by atoms with van der Waals surface area (Å²) in [5.41, 5.74) is 5.42. The summed E-state index contributed by atoms with van der Waals surface area (Å²) in [7, 11) is -4.01. The Morgan fingerprint density at radius 1 is 1.10 bits per heavy atom. The fourth-order valence-corrected chi connectivity index (χ4v) is 2.66. The number of sulfonamides is 1. The van der Waals surface area contributed by atoms with Gasteiger partial charge in [0.2, 0.25) is 10.0 Å². The monoisotopic (exact) mass is 377 g/mol. The second-order valence-electron chi connectivity index (χ2n) is 4.13. The number of hydrogen-bond donors (Lipinski definition) is 3. The molecule has 0 aromatic heterocycles. The number of nitrogens with one attached hydrogen (secondary N) is 1. The van der Waals surface area contributed by atoms with Crippen molar-refractivity contribution < 1.29 is 17.2 Å². The summed E-state index contributed by atoms with van der Waals surface area (Å²) in [6.45, 7) is 0. The van der Waals surface area contributed by atoms with E-state index in [1.54, 1.807) is 0 Å². The molecule has 5 nitrogen and oxygen atoms in total. The number of primary sulfonamides is 1. The zero-order chi connectivity index (χ0) is 15.8. The van der Waals surface area contributed by atoms with Crippen LogP contribution in [0.5, 0.6) is 0 Å². The van der Waals surface area contributed by atoms with Crippen molar-refractivity contribution >= 4 is 43.0 Å². The van der Waals surface area contributed by atoms with Gasteiger partial charge in [0.05, 0.1) is 21.5 Å². The molecule has 0 amide bonds. The maximum atomic E-state index is 13.7.